The molecule has 0 fully saturated rings. The number of benzene rings is 8. The normalized spacial score (nSPS) is 11.6. The number of hydrogen-bond acceptors (Lipinski definition) is 3. The summed E-state index contributed by atoms with van der Waals surface area (Å²) >= 11 is 0. The van der Waals surface area contributed by atoms with Gasteiger partial charge in [0.2, 0.25) is 0 Å². The molecular formula is C47H30N2O. The molecule has 0 aliphatic heterocycles. The number of fused-ring (bicyclic) bond motifs is 7. The molecule has 8 aromatic carbocycles. The van der Waals surface area contributed by atoms with Gasteiger partial charge in [0.1, 0.15) is 11.2 Å². The van der Waals surface area contributed by atoms with Crippen molar-refractivity contribution in [2.45, 2.75) is 0 Å². The molecule has 0 saturated carbocycles. The zero-order valence-corrected chi connectivity index (χ0v) is 27.1. The lowest BCUT2D eigenvalue weighted by molar-refractivity contribution is 0.669. The quantitative estimate of drug-likeness (QED) is 0.176. The van der Waals surface area contributed by atoms with Crippen molar-refractivity contribution < 1.29 is 4.42 Å². The van der Waals surface area contributed by atoms with Crippen molar-refractivity contribution >= 4 is 71.4 Å². The molecule has 0 radical (unpaired) electrons. The molecule has 10 aromatic rings. The largest absolute Gasteiger partial charge is 0.456 e. The molecule has 50 heavy (non-hydrogen) atoms. The molecule has 0 spiro atoms. The van der Waals surface area contributed by atoms with E-state index in [1.54, 1.807) is 0 Å². The van der Waals surface area contributed by atoms with Gasteiger partial charge in [0.15, 0.2) is 0 Å². The van der Waals surface area contributed by atoms with Crippen LogP contribution in [-0.4, -0.2) is 4.98 Å². The molecule has 0 aliphatic rings. The zero-order chi connectivity index (χ0) is 33.0. The van der Waals surface area contributed by atoms with Gasteiger partial charge >= 0.3 is 0 Å². The standard InChI is InChI=1S/C47H30N2O/c1-2-11-31(12-3-1)33-14-10-15-37(25-33)49(38-26-35-28-47-44(29-45(35)48-30-38)42-19-8-9-20-46(42)50-47)36-23-21-32(22-24-36)43-27-34-13-4-5-16-39(34)40-17-6-7-18-41(40)43/h1-30H. The van der Waals surface area contributed by atoms with Crippen molar-refractivity contribution in [3.63, 3.8) is 0 Å². The molecule has 0 atom stereocenters. The summed E-state index contributed by atoms with van der Waals surface area (Å²) < 4.78 is 6.27. The summed E-state index contributed by atoms with van der Waals surface area (Å²) in [4.78, 5) is 7.31. The molecule has 3 heteroatoms. The third kappa shape index (κ3) is 4.71. The Bertz CT molecular complexity index is 2870. The molecule has 234 valence electrons. The Morgan fingerprint density at radius 3 is 1.96 bits per heavy atom. The van der Waals surface area contributed by atoms with Crippen LogP contribution in [0.1, 0.15) is 0 Å². The average molecular weight is 639 g/mol. The monoisotopic (exact) mass is 638 g/mol. The number of furan rings is 1. The Morgan fingerprint density at radius 1 is 0.380 bits per heavy atom. The van der Waals surface area contributed by atoms with Gasteiger partial charge in [-0.15, -0.1) is 0 Å². The molecule has 0 bridgehead atoms. The summed E-state index contributed by atoms with van der Waals surface area (Å²) in [5.41, 5.74) is 10.5. The predicted molar refractivity (Wildman–Crippen MR) is 210 cm³/mol. The number of nitrogens with zero attached hydrogens (tertiary/aromatic N) is 2. The van der Waals surface area contributed by atoms with Crippen molar-refractivity contribution in [2.75, 3.05) is 4.90 Å². The first kappa shape index (κ1) is 28.3. The van der Waals surface area contributed by atoms with E-state index >= 15 is 0 Å². The van der Waals surface area contributed by atoms with E-state index in [4.69, 9.17) is 9.40 Å². The van der Waals surface area contributed by atoms with Crippen LogP contribution < -0.4 is 4.90 Å². The van der Waals surface area contributed by atoms with Gasteiger partial charge in [0.25, 0.3) is 0 Å². The number of aromatic nitrogens is 1. The lowest BCUT2D eigenvalue weighted by atomic mass is 9.93. The fraction of sp³-hybridized carbons (Fsp3) is 0. The van der Waals surface area contributed by atoms with Gasteiger partial charge in [-0.1, -0.05) is 121 Å². The fourth-order valence-corrected chi connectivity index (χ4v) is 7.44. The summed E-state index contributed by atoms with van der Waals surface area (Å²) in [5.74, 6) is 0. The molecule has 0 unspecified atom stereocenters. The van der Waals surface area contributed by atoms with Crippen LogP contribution in [0.2, 0.25) is 0 Å². The highest BCUT2D eigenvalue weighted by molar-refractivity contribution is 6.14. The van der Waals surface area contributed by atoms with Gasteiger partial charge in [-0.25, -0.2) is 0 Å². The van der Waals surface area contributed by atoms with Gasteiger partial charge in [-0.2, -0.15) is 0 Å². The Morgan fingerprint density at radius 2 is 1.10 bits per heavy atom. The SMILES string of the molecule is c1ccc(-c2cccc(N(c3ccc(-c4cc5ccccc5c5ccccc45)cc3)c3cnc4cc5c(cc4c3)oc3ccccc35)c2)cc1. The van der Waals surface area contributed by atoms with Crippen LogP contribution in [0.15, 0.2) is 187 Å². The van der Waals surface area contributed by atoms with E-state index in [2.05, 4.69) is 163 Å². The Labute approximate surface area is 289 Å². The van der Waals surface area contributed by atoms with E-state index < -0.39 is 0 Å². The summed E-state index contributed by atoms with van der Waals surface area (Å²) in [6, 6.07) is 62.5. The van der Waals surface area contributed by atoms with Crippen molar-refractivity contribution in [3.8, 4) is 22.3 Å². The molecule has 0 aliphatic carbocycles. The number of para-hydroxylation sites is 1. The smallest absolute Gasteiger partial charge is 0.136 e. The van der Waals surface area contributed by atoms with Crippen LogP contribution in [0.4, 0.5) is 17.1 Å². The fourth-order valence-electron chi connectivity index (χ4n) is 7.44. The Balaban J connectivity index is 1.13. The second kappa shape index (κ2) is 11.5. The van der Waals surface area contributed by atoms with Crippen LogP contribution in [-0.2, 0) is 0 Å². The van der Waals surface area contributed by atoms with Gasteiger partial charge in [-0.3, -0.25) is 4.98 Å². The van der Waals surface area contributed by atoms with Gasteiger partial charge in [0, 0.05) is 27.5 Å². The molecule has 3 nitrogen and oxygen atoms in total. The minimum Gasteiger partial charge on any atom is -0.456 e. The van der Waals surface area contributed by atoms with E-state index in [-0.39, 0.29) is 0 Å². The summed E-state index contributed by atoms with van der Waals surface area (Å²) in [6.07, 6.45) is 1.98. The summed E-state index contributed by atoms with van der Waals surface area (Å²) in [6.45, 7) is 0. The highest BCUT2D eigenvalue weighted by Crippen LogP contribution is 2.41. The molecule has 2 heterocycles. The minimum atomic E-state index is 0.863. The first-order valence-electron chi connectivity index (χ1n) is 16.9. The van der Waals surface area contributed by atoms with Crippen LogP contribution in [0.25, 0.3) is 76.6 Å². The van der Waals surface area contributed by atoms with Crippen LogP contribution >= 0.6 is 0 Å². The first-order chi connectivity index (χ1) is 24.8. The molecule has 10 rings (SSSR count). The minimum absolute atomic E-state index is 0.863. The van der Waals surface area contributed by atoms with Crippen LogP contribution in [0.5, 0.6) is 0 Å². The number of pyridine rings is 1. The van der Waals surface area contributed by atoms with Gasteiger partial charge in [0.05, 0.1) is 17.4 Å². The van der Waals surface area contributed by atoms with Crippen molar-refractivity contribution in [3.05, 3.63) is 182 Å². The van der Waals surface area contributed by atoms with Crippen molar-refractivity contribution in [1.82, 2.24) is 4.98 Å². The van der Waals surface area contributed by atoms with Crippen LogP contribution in [0, 0.1) is 0 Å². The maximum Gasteiger partial charge on any atom is 0.136 e. The third-order valence-corrected chi connectivity index (χ3v) is 9.84. The Kier molecular flexibility index (Phi) is 6.49. The molecular weight excluding hydrogens is 609 g/mol. The highest BCUT2D eigenvalue weighted by Gasteiger charge is 2.17. The zero-order valence-electron chi connectivity index (χ0n) is 27.1. The first-order valence-corrected chi connectivity index (χ1v) is 16.9. The van der Waals surface area contributed by atoms with Gasteiger partial charge < -0.3 is 9.32 Å². The molecule has 2 aromatic heterocycles. The number of anilines is 3. The summed E-state index contributed by atoms with van der Waals surface area (Å²) in [7, 11) is 0. The second-order valence-corrected chi connectivity index (χ2v) is 12.8. The number of rotatable bonds is 5. The molecule has 0 N–H and O–H groups in total. The van der Waals surface area contributed by atoms with Crippen molar-refractivity contribution in [1.29, 1.82) is 0 Å². The highest BCUT2D eigenvalue weighted by atomic mass is 16.3. The second-order valence-electron chi connectivity index (χ2n) is 12.8. The van der Waals surface area contributed by atoms with Crippen LogP contribution in [0.3, 0.4) is 0 Å². The Hall–Kier alpha value is -6.71. The average Bonchev–Trinajstić information content (AvgIpc) is 3.55. The van der Waals surface area contributed by atoms with E-state index in [0.717, 1.165) is 55.5 Å². The molecule has 0 amide bonds. The topological polar surface area (TPSA) is 29.3 Å². The molecule has 0 saturated heterocycles. The van der Waals surface area contributed by atoms with E-state index in [9.17, 15) is 0 Å². The lowest BCUT2D eigenvalue weighted by Crippen LogP contribution is -2.10. The van der Waals surface area contributed by atoms with E-state index in [1.165, 1.54) is 38.2 Å². The predicted octanol–water partition coefficient (Wildman–Crippen LogP) is 13.2. The van der Waals surface area contributed by atoms with E-state index in [0.29, 0.717) is 0 Å². The lowest BCUT2D eigenvalue weighted by Gasteiger charge is -2.26. The van der Waals surface area contributed by atoms with Crippen molar-refractivity contribution in [2.24, 2.45) is 0 Å². The third-order valence-electron chi connectivity index (χ3n) is 9.84. The van der Waals surface area contributed by atoms with Gasteiger partial charge in [-0.05, 0) is 98.4 Å². The maximum absolute atomic E-state index is 6.27. The summed E-state index contributed by atoms with van der Waals surface area (Å²) in [5, 5.41) is 8.25. The number of hydrogen-bond donors (Lipinski definition) is 0. The van der Waals surface area contributed by atoms with E-state index in [1.807, 2.05) is 24.4 Å². The maximum atomic E-state index is 6.27.